The van der Waals surface area contributed by atoms with E-state index < -0.39 is 16.6 Å². The summed E-state index contributed by atoms with van der Waals surface area (Å²) in [4.78, 5) is 21.8. The minimum absolute atomic E-state index is 0.134. The van der Waals surface area contributed by atoms with Gasteiger partial charge in [0.2, 0.25) is 0 Å². The normalized spacial score (nSPS) is 10.9. The number of benzene rings is 1. The van der Waals surface area contributed by atoms with Crippen molar-refractivity contribution in [2.45, 2.75) is 33.3 Å². The molecule has 98 valence electrons. The van der Waals surface area contributed by atoms with Gasteiger partial charge in [-0.2, -0.15) is 0 Å². The molecule has 1 N–H and O–H groups in total. The molecule has 6 nitrogen and oxygen atoms in total. The van der Waals surface area contributed by atoms with Gasteiger partial charge in [0.15, 0.2) is 0 Å². The third kappa shape index (κ3) is 4.04. The Morgan fingerprint density at radius 3 is 2.50 bits per heavy atom. The lowest BCUT2D eigenvalue weighted by Crippen LogP contribution is -2.27. The molecule has 1 amide bonds. The first-order chi connectivity index (χ1) is 8.19. The topological polar surface area (TPSA) is 81.5 Å². The lowest BCUT2D eigenvalue weighted by atomic mass is 10.2. The lowest BCUT2D eigenvalue weighted by Gasteiger charge is -2.19. The van der Waals surface area contributed by atoms with Crippen LogP contribution < -0.4 is 5.32 Å². The number of rotatable bonds is 2. The van der Waals surface area contributed by atoms with Crippen LogP contribution in [0.25, 0.3) is 0 Å². The largest absolute Gasteiger partial charge is 0.444 e. The number of nitro groups is 1. The van der Waals surface area contributed by atoms with Crippen molar-refractivity contribution >= 4 is 17.5 Å². The van der Waals surface area contributed by atoms with Crippen molar-refractivity contribution in [1.29, 1.82) is 0 Å². The third-order valence-corrected chi connectivity index (χ3v) is 1.98. The van der Waals surface area contributed by atoms with Gasteiger partial charge in [0, 0.05) is 6.07 Å². The molecule has 0 spiro atoms. The van der Waals surface area contributed by atoms with Gasteiger partial charge in [-0.25, -0.2) is 4.79 Å². The van der Waals surface area contributed by atoms with E-state index in [1.54, 1.807) is 33.8 Å². The van der Waals surface area contributed by atoms with Crippen LogP contribution in [-0.2, 0) is 4.74 Å². The van der Waals surface area contributed by atoms with Crippen LogP contribution in [0, 0.1) is 17.0 Å². The van der Waals surface area contributed by atoms with Crippen molar-refractivity contribution in [1.82, 2.24) is 0 Å². The van der Waals surface area contributed by atoms with Crippen LogP contribution in [0.2, 0.25) is 0 Å². The Morgan fingerprint density at radius 2 is 2.00 bits per heavy atom. The Hall–Kier alpha value is -2.11. The molecule has 0 aliphatic rings. The zero-order valence-corrected chi connectivity index (χ0v) is 10.8. The second-order valence-electron chi connectivity index (χ2n) is 4.90. The number of anilines is 1. The first-order valence-corrected chi connectivity index (χ1v) is 5.44. The van der Waals surface area contributed by atoms with Gasteiger partial charge in [0.05, 0.1) is 4.92 Å². The van der Waals surface area contributed by atoms with E-state index in [1.807, 2.05) is 0 Å². The molecule has 0 aliphatic heterocycles. The number of carbonyl (C=O) groups is 1. The van der Waals surface area contributed by atoms with Crippen molar-refractivity contribution in [2.24, 2.45) is 0 Å². The summed E-state index contributed by atoms with van der Waals surface area (Å²) >= 11 is 0. The number of ether oxygens (including phenoxy) is 1. The number of amides is 1. The summed E-state index contributed by atoms with van der Waals surface area (Å²) in [6.45, 7) is 6.94. The van der Waals surface area contributed by atoms with Crippen LogP contribution in [0.3, 0.4) is 0 Å². The van der Waals surface area contributed by atoms with Crippen LogP contribution in [0.4, 0.5) is 16.2 Å². The predicted octanol–water partition coefficient (Wildman–Crippen LogP) is 3.25. The van der Waals surface area contributed by atoms with E-state index in [9.17, 15) is 14.9 Å². The van der Waals surface area contributed by atoms with Crippen LogP contribution in [0.1, 0.15) is 26.3 Å². The number of nitrogens with one attached hydrogen (secondary N) is 1. The quantitative estimate of drug-likeness (QED) is 0.647. The molecular weight excluding hydrogens is 236 g/mol. The average molecular weight is 252 g/mol. The fourth-order valence-corrected chi connectivity index (χ4v) is 1.32. The lowest BCUT2D eigenvalue weighted by molar-refractivity contribution is -0.383. The molecule has 0 saturated carbocycles. The number of aryl methyl sites for hydroxylation is 1. The molecule has 0 unspecified atom stereocenters. The van der Waals surface area contributed by atoms with Gasteiger partial charge < -0.3 is 4.74 Å². The SMILES string of the molecule is Cc1ccc([N+](=O)[O-])c(NC(=O)OC(C)(C)C)c1. The van der Waals surface area contributed by atoms with Crippen LogP contribution in [0.15, 0.2) is 18.2 Å². The van der Waals surface area contributed by atoms with Crippen LogP contribution in [-0.4, -0.2) is 16.6 Å². The number of hydrogen-bond donors (Lipinski definition) is 1. The molecule has 18 heavy (non-hydrogen) atoms. The Labute approximate surface area is 105 Å². The molecule has 0 aliphatic carbocycles. The monoisotopic (exact) mass is 252 g/mol. The molecule has 0 atom stereocenters. The molecule has 0 heterocycles. The Morgan fingerprint density at radius 1 is 1.39 bits per heavy atom. The summed E-state index contributed by atoms with van der Waals surface area (Å²) in [5, 5.41) is 13.2. The molecule has 0 aromatic heterocycles. The van der Waals surface area contributed by atoms with E-state index in [-0.39, 0.29) is 11.4 Å². The number of hydrogen-bond acceptors (Lipinski definition) is 4. The van der Waals surface area contributed by atoms with Crippen molar-refractivity contribution in [3.63, 3.8) is 0 Å². The van der Waals surface area contributed by atoms with E-state index in [0.717, 1.165) is 5.56 Å². The second-order valence-corrected chi connectivity index (χ2v) is 4.90. The predicted molar refractivity (Wildman–Crippen MR) is 67.7 cm³/mol. The highest BCUT2D eigenvalue weighted by atomic mass is 16.6. The summed E-state index contributed by atoms with van der Waals surface area (Å²) in [7, 11) is 0. The van der Waals surface area contributed by atoms with Crippen molar-refractivity contribution in [3.8, 4) is 0 Å². The molecule has 6 heteroatoms. The molecule has 1 aromatic rings. The maximum Gasteiger partial charge on any atom is 0.412 e. The maximum atomic E-state index is 11.6. The van der Waals surface area contributed by atoms with E-state index >= 15 is 0 Å². The van der Waals surface area contributed by atoms with Crippen molar-refractivity contribution < 1.29 is 14.5 Å². The number of carbonyl (C=O) groups excluding carboxylic acids is 1. The summed E-state index contributed by atoms with van der Waals surface area (Å²) in [6.07, 6.45) is -0.712. The highest BCUT2D eigenvalue weighted by Gasteiger charge is 2.20. The molecule has 1 aromatic carbocycles. The summed E-state index contributed by atoms with van der Waals surface area (Å²) < 4.78 is 5.04. The number of nitro benzene ring substituents is 1. The highest BCUT2D eigenvalue weighted by Crippen LogP contribution is 2.25. The fourth-order valence-electron chi connectivity index (χ4n) is 1.32. The molecule has 0 fully saturated rings. The van der Waals surface area contributed by atoms with Gasteiger partial charge in [-0.3, -0.25) is 15.4 Å². The van der Waals surface area contributed by atoms with Crippen molar-refractivity contribution in [3.05, 3.63) is 33.9 Å². The summed E-state index contributed by atoms with van der Waals surface area (Å²) in [6, 6.07) is 4.49. The van der Waals surface area contributed by atoms with Crippen molar-refractivity contribution in [2.75, 3.05) is 5.32 Å². The third-order valence-electron chi connectivity index (χ3n) is 1.98. The first kappa shape index (κ1) is 14.0. The van der Waals surface area contributed by atoms with Gasteiger partial charge in [-0.1, -0.05) is 6.07 Å². The van der Waals surface area contributed by atoms with Gasteiger partial charge in [0.1, 0.15) is 11.3 Å². The van der Waals surface area contributed by atoms with E-state index in [0.29, 0.717) is 0 Å². The molecule has 0 saturated heterocycles. The highest BCUT2D eigenvalue weighted by molar-refractivity contribution is 5.88. The first-order valence-electron chi connectivity index (χ1n) is 5.44. The molecule has 0 radical (unpaired) electrons. The molecular formula is C12H16N2O4. The minimum Gasteiger partial charge on any atom is -0.444 e. The van der Waals surface area contributed by atoms with E-state index in [4.69, 9.17) is 4.74 Å². The van der Waals surface area contributed by atoms with Gasteiger partial charge >= 0.3 is 6.09 Å². The maximum absolute atomic E-state index is 11.6. The van der Waals surface area contributed by atoms with Crippen LogP contribution in [0.5, 0.6) is 0 Å². The second kappa shape index (κ2) is 5.03. The van der Waals surface area contributed by atoms with E-state index in [2.05, 4.69) is 5.32 Å². The van der Waals surface area contributed by atoms with Gasteiger partial charge in [-0.15, -0.1) is 0 Å². The summed E-state index contributed by atoms with van der Waals surface area (Å²) in [5.41, 5.74) is 0.134. The summed E-state index contributed by atoms with van der Waals surface area (Å²) in [5.74, 6) is 0. The molecule has 1 rings (SSSR count). The van der Waals surface area contributed by atoms with E-state index in [1.165, 1.54) is 12.1 Å². The van der Waals surface area contributed by atoms with Gasteiger partial charge in [0.25, 0.3) is 5.69 Å². The smallest absolute Gasteiger partial charge is 0.412 e. The van der Waals surface area contributed by atoms with Crippen LogP contribution >= 0.6 is 0 Å². The fraction of sp³-hybridized carbons (Fsp3) is 0.417. The Kier molecular flexibility index (Phi) is 3.90. The Balaban J connectivity index is 2.93. The zero-order valence-electron chi connectivity index (χ0n) is 10.8. The van der Waals surface area contributed by atoms with Gasteiger partial charge in [-0.05, 0) is 39.3 Å². The zero-order chi connectivity index (χ0) is 13.9. The molecule has 0 bridgehead atoms. The average Bonchev–Trinajstić information content (AvgIpc) is 2.13. The Bertz CT molecular complexity index is 477. The minimum atomic E-state index is -0.712. The number of nitrogens with zero attached hydrogens (tertiary/aromatic N) is 1. The standard InChI is InChI=1S/C12H16N2O4/c1-8-5-6-10(14(16)17)9(7-8)13-11(15)18-12(2,3)4/h5-7H,1-4H3,(H,13,15).